The maximum atomic E-state index is 13.7. The van der Waals surface area contributed by atoms with Crippen molar-refractivity contribution >= 4 is 22.6 Å². The number of hydrogen-bond donors (Lipinski definition) is 3. The average Bonchev–Trinajstić information content (AvgIpc) is 3.00. The summed E-state index contributed by atoms with van der Waals surface area (Å²) in [5, 5.41) is 12.0. The molecular formula is C16H12F4N4O. The highest BCUT2D eigenvalue weighted by atomic mass is 19.4. The normalized spacial score (nSPS) is 11.5. The van der Waals surface area contributed by atoms with Gasteiger partial charge in [-0.25, -0.2) is 9.18 Å². The van der Waals surface area contributed by atoms with Crippen LogP contribution in [0.3, 0.4) is 0 Å². The number of alkyl halides is 3. The van der Waals surface area contributed by atoms with E-state index in [0.29, 0.717) is 5.69 Å². The number of nitrogens with zero attached hydrogens (tertiary/aromatic N) is 1. The summed E-state index contributed by atoms with van der Waals surface area (Å²) in [5.74, 6) is -1.03. The number of fused-ring (bicyclic) bond motifs is 1. The van der Waals surface area contributed by atoms with E-state index in [1.807, 2.05) is 0 Å². The van der Waals surface area contributed by atoms with Crippen LogP contribution < -0.4 is 10.6 Å². The minimum absolute atomic E-state index is 0.427. The predicted octanol–water partition coefficient (Wildman–Crippen LogP) is 4.04. The Balaban J connectivity index is 1.70. The van der Waals surface area contributed by atoms with E-state index in [4.69, 9.17) is 0 Å². The zero-order valence-electron chi connectivity index (χ0n) is 12.6. The number of carbonyl (C=O) groups excluding carboxylic acids is 1. The van der Waals surface area contributed by atoms with Crippen LogP contribution in [0, 0.1) is 5.82 Å². The molecule has 0 saturated carbocycles. The molecule has 0 aliphatic rings. The van der Waals surface area contributed by atoms with Crippen molar-refractivity contribution in [2.45, 2.75) is 12.7 Å². The largest absolute Gasteiger partial charge is 0.416 e. The SMILES string of the molecule is O=C(NCc1c(F)cccc1C(F)(F)F)Nc1ccc2[nH]ncc2c1. The maximum Gasteiger partial charge on any atom is 0.416 e. The lowest BCUT2D eigenvalue weighted by atomic mass is 10.1. The molecule has 0 atom stereocenters. The summed E-state index contributed by atoms with van der Waals surface area (Å²) in [6, 6.07) is 6.84. The predicted molar refractivity (Wildman–Crippen MR) is 83.4 cm³/mol. The molecule has 3 aromatic rings. The molecule has 2 aromatic carbocycles. The number of benzene rings is 2. The van der Waals surface area contributed by atoms with Gasteiger partial charge in [0, 0.05) is 23.2 Å². The zero-order valence-corrected chi connectivity index (χ0v) is 12.6. The van der Waals surface area contributed by atoms with Gasteiger partial charge in [0.05, 0.1) is 17.3 Å². The number of amides is 2. The molecule has 2 amide bonds. The first-order valence-electron chi connectivity index (χ1n) is 7.17. The third-order valence-corrected chi connectivity index (χ3v) is 3.55. The second-order valence-electron chi connectivity index (χ2n) is 5.24. The molecule has 1 aromatic heterocycles. The Hall–Kier alpha value is -3.10. The van der Waals surface area contributed by atoms with E-state index in [1.165, 1.54) is 0 Å². The van der Waals surface area contributed by atoms with Crippen LogP contribution in [0.1, 0.15) is 11.1 Å². The second-order valence-corrected chi connectivity index (χ2v) is 5.24. The molecule has 0 spiro atoms. The lowest BCUT2D eigenvalue weighted by molar-refractivity contribution is -0.138. The van der Waals surface area contributed by atoms with E-state index in [1.54, 1.807) is 24.4 Å². The fraction of sp³-hybridized carbons (Fsp3) is 0.125. The van der Waals surface area contributed by atoms with Crippen molar-refractivity contribution in [2.24, 2.45) is 0 Å². The monoisotopic (exact) mass is 352 g/mol. The number of anilines is 1. The highest BCUT2D eigenvalue weighted by Gasteiger charge is 2.34. The molecule has 3 rings (SSSR count). The molecule has 130 valence electrons. The van der Waals surface area contributed by atoms with Gasteiger partial charge in [0.1, 0.15) is 5.82 Å². The second kappa shape index (κ2) is 6.42. The fourth-order valence-electron chi connectivity index (χ4n) is 2.37. The molecule has 5 nitrogen and oxygen atoms in total. The van der Waals surface area contributed by atoms with Crippen molar-refractivity contribution in [2.75, 3.05) is 5.32 Å². The standard InChI is InChI=1S/C16H12F4N4O/c17-13-3-1-2-12(16(18,19)20)11(13)8-21-15(25)23-10-4-5-14-9(6-10)7-22-24-14/h1-7H,8H2,(H,22,24)(H2,21,23,25). The third-order valence-electron chi connectivity index (χ3n) is 3.55. The summed E-state index contributed by atoms with van der Waals surface area (Å²) in [4.78, 5) is 11.9. The van der Waals surface area contributed by atoms with Gasteiger partial charge in [-0.15, -0.1) is 0 Å². The summed E-state index contributed by atoms with van der Waals surface area (Å²) in [6.45, 7) is -0.596. The van der Waals surface area contributed by atoms with Gasteiger partial charge in [0.15, 0.2) is 0 Å². The van der Waals surface area contributed by atoms with Crippen LogP contribution in [0.4, 0.5) is 28.0 Å². The van der Waals surface area contributed by atoms with Gasteiger partial charge >= 0.3 is 12.2 Å². The lowest BCUT2D eigenvalue weighted by Gasteiger charge is -2.14. The van der Waals surface area contributed by atoms with E-state index in [-0.39, 0.29) is 0 Å². The van der Waals surface area contributed by atoms with E-state index in [0.717, 1.165) is 29.1 Å². The molecule has 9 heteroatoms. The first-order chi connectivity index (χ1) is 11.8. The molecule has 3 N–H and O–H groups in total. The number of nitrogens with one attached hydrogen (secondary N) is 3. The summed E-state index contributed by atoms with van der Waals surface area (Å²) in [6.07, 6.45) is -3.14. The quantitative estimate of drug-likeness (QED) is 0.623. The molecule has 0 aliphatic carbocycles. The van der Waals surface area contributed by atoms with Crippen molar-refractivity contribution in [3.05, 3.63) is 59.5 Å². The molecule has 1 heterocycles. The molecule has 0 aliphatic heterocycles. The Bertz CT molecular complexity index is 920. The van der Waals surface area contributed by atoms with Gasteiger partial charge in [0.25, 0.3) is 0 Å². The molecular weight excluding hydrogens is 340 g/mol. The molecule has 0 saturated heterocycles. The van der Waals surface area contributed by atoms with Crippen LogP contribution in [-0.2, 0) is 12.7 Å². The van der Waals surface area contributed by atoms with E-state index in [9.17, 15) is 22.4 Å². The smallest absolute Gasteiger partial charge is 0.334 e. The fourth-order valence-corrected chi connectivity index (χ4v) is 2.37. The van der Waals surface area contributed by atoms with Crippen LogP contribution in [0.2, 0.25) is 0 Å². The van der Waals surface area contributed by atoms with Gasteiger partial charge in [-0.3, -0.25) is 5.10 Å². The van der Waals surface area contributed by atoms with Crippen molar-refractivity contribution in [1.82, 2.24) is 15.5 Å². The Morgan fingerprint density at radius 2 is 2.00 bits per heavy atom. The molecule has 0 fully saturated rings. The lowest BCUT2D eigenvalue weighted by Crippen LogP contribution is -2.29. The van der Waals surface area contributed by atoms with E-state index >= 15 is 0 Å². The Morgan fingerprint density at radius 3 is 2.76 bits per heavy atom. The van der Waals surface area contributed by atoms with E-state index in [2.05, 4.69) is 20.8 Å². The van der Waals surface area contributed by atoms with Gasteiger partial charge in [-0.05, 0) is 30.3 Å². The van der Waals surface area contributed by atoms with Gasteiger partial charge in [-0.2, -0.15) is 18.3 Å². The minimum Gasteiger partial charge on any atom is -0.334 e. The number of aromatic nitrogens is 2. The highest BCUT2D eigenvalue weighted by Crippen LogP contribution is 2.33. The number of urea groups is 1. The maximum absolute atomic E-state index is 13.7. The van der Waals surface area contributed by atoms with Crippen LogP contribution >= 0.6 is 0 Å². The summed E-state index contributed by atoms with van der Waals surface area (Å²) in [5.41, 5.74) is -0.536. The summed E-state index contributed by atoms with van der Waals surface area (Å²) < 4.78 is 52.5. The Kier molecular flexibility index (Phi) is 4.30. The van der Waals surface area contributed by atoms with Crippen LogP contribution in [-0.4, -0.2) is 16.2 Å². The van der Waals surface area contributed by atoms with Crippen molar-refractivity contribution in [3.8, 4) is 0 Å². The molecule has 0 radical (unpaired) electrons. The van der Waals surface area contributed by atoms with Gasteiger partial charge in [0.2, 0.25) is 0 Å². The third kappa shape index (κ3) is 3.70. The van der Waals surface area contributed by atoms with Crippen molar-refractivity contribution in [3.63, 3.8) is 0 Å². The first kappa shape index (κ1) is 16.7. The highest BCUT2D eigenvalue weighted by molar-refractivity contribution is 5.92. The number of halogens is 4. The van der Waals surface area contributed by atoms with E-state index < -0.39 is 35.7 Å². The zero-order chi connectivity index (χ0) is 18.0. The summed E-state index contributed by atoms with van der Waals surface area (Å²) in [7, 11) is 0. The minimum atomic E-state index is -4.71. The van der Waals surface area contributed by atoms with Crippen molar-refractivity contribution in [1.29, 1.82) is 0 Å². The topological polar surface area (TPSA) is 69.8 Å². The van der Waals surface area contributed by atoms with Gasteiger partial charge < -0.3 is 10.6 Å². The summed E-state index contributed by atoms with van der Waals surface area (Å²) >= 11 is 0. The number of rotatable bonds is 3. The molecule has 0 unspecified atom stereocenters. The van der Waals surface area contributed by atoms with Crippen LogP contribution in [0.5, 0.6) is 0 Å². The molecule has 0 bridgehead atoms. The van der Waals surface area contributed by atoms with Crippen LogP contribution in [0.25, 0.3) is 10.9 Å². The van der Waals surface area contributed by atoms with Crippen LogP contribution in [0.15, 0.2) is 42.6 Å². The number of carbonyl (C=O) groups is 1. The first-order valence-corrected chi connectivity index (χ1v) is 7.17. The number of aromatic amines is 1. The number of H-pyrrole nitrogens is 1. The van der Waals surface area contributed by atoms with Crippen molar-refractivity contribution < 1.29 is 22.4 Å². The van der Waals surface area contributed by atoms with Gasteiger partial charge in [-0.1, -0.05) is 6.07 Å². The molecule has 25 heavy (non-hydrogen) atoms. The Morgan fingerprint density at radius 1 is 1.20 bits per heavy atom. The number of hydrogen-bond acceptors (Lipinski definition) is 2. The Labute approximate surface area is 139 Å². The average molecular weight is 352 g/mol.